The van der Waals surface area contributed by atoms with Gasteiger partial charge in [-0.2, -0.15) is 0 Å². The first-order valence-electron chi connectivity index (χ1n) is 10.2. The molecule has 2 aromatic carbocycles. The number of aromatic nitrogens is 2. The van der Waals surface area contributed by atoms with Crippen molar-refractivity contribution in [3.05, 3.63) is 85.6 Å². The van der Waals surface area contributed by atoms with Crippen molar-refractivity contribution in [2.45, 2.75) is 20.8 Å². The van der Waals surface area contributed by atoms with E-state index in [0.29, 0.717) is 11.4 Å². The minimum Gasteiger partial charge on any atom is -0.494 e. The molecule has 2 N–H and O–H groups in total. The van der Waals surface area contributed by atoms with E-state index in [1.165, 1.54) is 14.1 Å². The van der Waals surface area contributed by atoms with Crippen LogP contribution in [-0.4, -0.2) is 30.9 Å². The smallest absolute Gasteiger partial charge is 0.333 e. The van der Waals surface area contributed by atoms with Crippen molar-refractivity contribution >= 4 is 34.1 Å². The van der Waals surface area contributed by atoms with Crippen molar-refractivity contribution < 1.29 is 9.90 Å². The van der Waals surface area contributed by atoms with Crippen LogP contribution in [0, 0.1) is 20.8 Å². The third-order valence-corrected chi connectivity index (χ3v) is 6.19. The van der Waals surface area contributed by atoms with Crippen LogP contribution in [0.2, 0.25) is 0 Å². The fourth-order valence-electron chi connectivity index (χ4n) is 3.15. The molecule has 3 aromatic rings. The highest BCUT2D eigenvalue weighted by Crippen LogP contribution is 2.25. The van der Waals surface area contributed by atoms with Crippen LogP contribution in [0.15, 0.2) is 57.0 Å². The molecule has 0 saturated carbocycles. The van der Waals surface area contributed by atoms with Gasteiger partial charge in [0.1, 0.15) is 10.6 Å². The first-order chi connectivity index (χ1) is 15.6. The normalized spacial score (nSPS) is 11.5. The first-order valence-corrected chi connectivity index (χ1v) is 11.2. The maximum atomic E-state index is 12.9. The number of aliphatic imine (C=N–C) groups is 1. The predicted molar refractivity (Wildman–Crippen MR) is 133 cm³/mol. The van der Waals surface area contributed by atoms with E-state index >= 15 is 0 Å². The summed E-state index contributed by atoms with van der Waals surface area (Å²) < 4.78 is 1.87. The largest absolute Gasteiger partial charge is 0.494 e. The molecule has 0 bridgehead atoms. The van der Waals surface area contributed by atoms with E-state index in [-0.39, 0.29) is 22.3 Å². The van der Waals surface area contributed by atoms with E-state index in [9.17, 15) is 19.5 Å². The number of carbonyl (C=O) groups excluding carboxylic acids is 1. The highest BCUT2D eigenvalue weighted by Gasteiger charge is 2.22. The molecule has 0 unspecified atom stereocenters. The minimum absolute atomic E-state index is 0.0525. The van der Waals surface area contributed by atoms with Crippen molar-refractivity contribution in [2.24, 2.45) is 19.1 Å². The predicted octanol–water partition coefficient (Wildman–Crippen LogP) is 3.17. The van der Waals surface area contributed by atoms with Gasteiger partial charge < -0.3 is 10.4 Å². The zero-order chi connectivity index (χ0) is 24.3. The van der Waals surface area contributed by atoms with Gasteiger partial charge in [-0.3, -0.25) is 18.7 Å². The van der Waals surface area contributed by atoms with Crippen LogP contribution in [0.25, 0.3) is 0 Å². The number of aromatic hydroxyl groups is 1. The van der Waals surface area contributed by atoms with Gasteiger partial charge in [0.2, 0.25) is 11.8 Å². The van der Waals surface area contributed by atoms with Crippen molar-refractivity contribution in [1.29, 1.82) is 0 Å². The quantitative estimate of drug-likeness (QED) is 0.444. The van der Waals surface area contributed by atoms with Gasteiger partial charge >= 0.3 is 5.69 Å². The number of carbonyl (C=O) groups is 1. The summed E-state index contributed by atoms with van der Waals surface area (Å²) in [5.74, 6) is -0.847. The molecule has 1 amide bonds. The van der Waals surface area contributed by atoms with E-state index in [1.807, 2.05) is 51.1 Å². The Morgan fingerprint density at radius 1 is 1.03 bits per heavy atom. The summed E-state index contributed by atoms with van der Waals surface area (Å²) in [5, 5.41) is 13.6. The zero-order valence-electron chi connectivity index (χ0n) is 19.2. The third kappa shape index (κ3) is 5.43. The van der Waals surface area contributed by atoms with Gasteiger partial charge in [0.15, 0.2) is 0 Å². The van der Waals surface area contributed by atoms with Crippen LogP contribution < -0.4 is 16.6 Å². The molecule has 0 fully saturated rings. The lowest BCUT2D eigenvalue weighted by molar-refractivity contribution is -0.113. The fraction of sp³-hybridized carbons (Fsp3) is 0.250. The highest BCUT2D eigenvalue weighted by atomic mass is 32.2. The number of nitrogens with one attached hydrogen (secondary N) is 1. The van der Waals surface area contributed by atoms with E-state index < -0.39 is 17.1 Å². The van der Waals surface area contributed by atoms with Gasteiger partial charge in [-0.25, -0.2) is 9.79 Å². The molecule has 9 heteroatoms. The van der Waals surface area contributed by atoms with Crippen LogP contribution in [0.5, 0.6) is 5.88 Å². The maximum Gasteiger partial charge on any atom is 0.333 e. The summed E-state index contributed by atoms with van der Waals surface area (Å²) in [6.07, 6.45) is 0. The molecule has 3 rings (SSSR count). The van der Waals surface area contributed by atoms with Crippen LogP contribution in [0.3, 0.4) is 0 Å². The van der Waals surface area contributed by atoms with E-state index in [4.69, 9.17) is 0 Å². The van der Waals surface area contributed by atoms with Crippen LogP contribution in [0.1, 0.15) is 22.3 Å². The maximum absolute atomic E-state index is 12.9. The molecule has 1 aromatic heterocycles. The SMILES string of the molecule is Cc1cccc(NC(=O)CSC(=Nc2ccc(C)c(C)c2)c2c(O)n(C)c(=O)n(C)c2=O)c1. The molecule has 0 radical (unpaired) electrons. The zero-order valence-corrected chi connectivity index (χ0v) is 20.0. The molecule has 33 heavy (non-hydrogen) atoms. The third-order valence-electron chi connectivity index (χ3n) is 5.21. The van der Waals surface area contributed by atoms with Gasteiger partial charge in [-0.1, -0.05) is 30.0 Å². The van der Waals surface area contributed by atoms with Gasteiger partial charge in [0.25, 0.3) is 5.56 Å². The molecule has 0 atom stereocenters. The summed E-state index contributed by atoms with van der Waals surface area (Å²) in [5.41, 5.74) is 2.85. The Kier molecular flexibility index (Phi) is 7.23. The number of amides is 1. The second-order valence-corrected chi connectivity index (χ2v) is 8.76. The highest BCUT2D eigenvalue weighted by molar-refractivity contribution is 8.15. The summed E-state index contributed by atoms with van der Waals surface area (Å²) in [7, 11) is 2.69. The summed E-state index contributed by atoms with van der Waals surface area (Å²) >= 11 is 1.01. The second-order valence-electron chi connectivity index (χ2n) is 7.80. The second kappa shape index (κ2) is 9.91. The minimum atomic E-state index is -0.690. The summed E-state index contributed by atoms with van der Waals surface area (Å²) in [6, 6.07) is 13.0. The van der Waals surface area contributed by atoms with Crippen LogP contribution >= 0.6 is 11.8 Å². The van der Waals surface area contributed by atoms with Gasteiger partial charge in [-0.05, 0) is 61.7 Å². The van der Waals surface area contributed by atoms with Crippen molar-refractivity contribution in [3.63, 3.8) is 0 Å². The molecule has 0 aliphatic heterocycles. The number of aryl methyl sites for hydroxylation is 3. The average molecular weight is 467 g/mol. The van der Waals surface area contributed by atoms with Gasteiger partial charge in [0.05, 0.1) is 11.4 Å². The Labute approximate surface area is 195 Å². The van der Waals surface area contributed by atoms with Gasteiger partial charge in [-0.15, -0.1) is 0 Å². The Morgan fingerprint density at radius 2 is 1.76 bits per heavy atom. The molecule has 1 heterocycles. The van der Waals surface area contributed by atoms with Crippen molar-refractivity contribution in [3.8, 4) is 5.88 Å². The number of hydrogen-bond acceptors (Lipinski definition) is 6. The lowest BCUT2D eigenvalue weighted by atomic mass is 10.1. The van der Waals surface area contributed by atoms with E-state index in [2.05, 4.69) is 10.3 Å². The molecular formula is C24H26N4O4S. The number of hydrogen-bond donors (Lipinski definition) is 2. The fourth-order valence-corrected chi connectivity index (χ4v) is 3.98. The molecule has 172 valence electrons. The number of benzene rings is 2. The Hall–Kier alpha value is -3.59. The van der Waals surface area contributed by atoms with Crippen molar-refractivity contribution in [1.82, 2.24) is 9.13 Å². The molecule has 0 aliphatic carbocycles. The number of thioether (sulfide) groups is 1. The standard InChI is InChI=1S/C24H26N4O4S/c1-14-7-6-8-17(11-14)25-19(29)13-33-21(26-18-10-9-15(2)16(3)12-18)20-22(30)27(4)24(32)28(5)23(20)31/h6-12,30H,13H2,1-5H3,(H,25,29). The lowest BCUT2D eigenvalue weighted by Crippen LogP contribution is -2.39. The average Bonchev–Trinajstić information content (AvgIpc) is 2.77. The molecule has 0 saturated heterocycles. The molecule has 0 spiro atoms. The Morgan fingerprint density at radius 3 is 2.42 bits per heavy atom. The lowest BCUT2D eigenvalue weighted by Gasteiger charge is -2.13. The Bertz CT molecular complexity index is 1370. The summed E-state index contributed by atoms with van der Waals surface area (Å²) in [4.78, 5) is 42.2. The van der Waals surface area contributed by atoms with E-state index in [0.717, 1.165) is 37.6 Å². The topological polar surface area (TPSA) is 106 Å². The number of rotatable bonds is 5. The molecule has 8 nitrogen and oxygen atoms in total. The molecule has 0 aliphatic rings. The number of anilines is 1. The molecular weight excluding hydrogens is 440 g/mol. The number of nitrogens with zero attached hydrogens (tertiary/aromatic N) is 3. The van der Waals surface area contributed by atoms with Crippen LogP contribution in [-0.2, 0) is 18.9 Å². The first kappa shape index (κ1) is 24.1. The monoisotopic (exact) mass is 466 g/mol. The van der Waals surface area contributed by atoms with Crippen molar-refractivity contribution in [2.75, 3.05) is 11.1 Å². The van der Waals surface area contributed by atoms with Gasteiger partial charge in [0, 0.05) is 19.8 Å². The van der Waals surface area contributed by atoms with Crippen LogP contribution in [0.4, 0.5) is 11.4 Å². The van der Waals surface area contributed by atoms with E-state index in [1.54, 1.807) is 12.1 Å². The Balaban J connectivity index is 2.01. The summed E-state index contributed by atoms with van der Waals surface area (Å²) in [6.45, 7) is 5.85.